The van der Waals surface area contributed by atoms with Crippen molar-refractivity contribution in [3.63, 3.8) is 0 Å². The molecule has 0 spiro atoms. The van der Waals surface area contributed by atoms with Crippen molar-refractivity contribution in [2.24, 2.45) is 0 Å². The third kappa shape index (κ3) is 19.2. The van der Waals surface area contributed by atoms with Crippen LogP contribution < -0.4 is 0 Å². The molecule has 0 saturated heterocycles. The predicted molar refractivity (Wildman–Crippen MR) is 126 cm³/mol. The lowest BCUT2D eigenvalue weighted by atomic mass is 10.1. The molecule has 0 bridgehead atoms. The Kier molecular flexibility index (Phi) is 19.4. The second-order valence-electron chi connectivity index (χ2n) is 6.69. The molecule has 0 aliphatic carbocycles. The Balaban J connectivity index is 3.08. The Bertz CT molecular complexity index is 322. The smallest absolute Gasteiger partial charge is 0.333 e. The SMILES string of the molecule is C=C(C)C(=O)OCCCCCCCCCCCCCC[SiH2]C(I)I. The van der Waals surface area contributed by atoms with E-state index in [2.05, 4.69) is 51.8 Å². The van der Waals surface area contributed by atoms with Crippen LogP contribution in [0.5, 0.6) is 0 Å². The van der Waals surface area contributed by atoms with Gasteiger partial charge >= 0.3 is 5.97 Å². The van der Waals surface area contributed by atoms with E-state index in [0.29, 0.717) is 12.2 Å². The van der Waals surface area contributed by atoms with Crippen LogP contribution in [0.25, 0.3) is 0 Å². The highest BCUT2D eigenvalue weighted by molar-refractivity contribution is 14.2. The molecule has 24 heavy (non-hydrogen) atoms. The fourth-order valence-electron chi connectivity index (χ4n) is 2.63. The number of esters is 1. The van der Waals surface area contributed by atoms with Crippen LogP contribution in [0, 0.1) is 0 Å². The first kappa shape index (κ1) is 24.9. The summed E-state index contributed by atoms with van der Waals surface area (Å²) in [5, 5.41) is 0. The van der Waals surface area contributed by atoms with E-state index in [4.69, 9.17) is 4.74 Å². The number of carbonyl (C=O) groups is 1. The lowest BCUT2D eigenvalue weighted by Gasteiger charge is -2.05. The quantitative estimate of drug-likeness (QED) is 0.0491. The number of hydrogen-bond donors (Lipinski definition) is 0. The summed E-state index contributed by atoms with van der Waals surface area (Å²) in [6.07, 6.45) is 16.2. The van der Waals surface area contributed by atoms with Gasteiger partial charge in [0.2, 0.25) is 0 Å². The van der Waals surface area contributed by atoms with Crippen molar-refractivity contribution >= 4 is 60.7 Å². The molecule has 142 valence electrons. The number of halogens is 2. The number of ether oxygens (including phenoxy) is 1. The minimum atomic E-state index is -0.253. The maximum absolute atomic E-state index is 11.2. The van der Waals surface area contributed by atoms with Crippen LogP contribution in [0.3, 0.4) is 0 Å². The summed E-state index contributed by atoms with van der Waals surface area (Å²) in [6.45, 7) is 5.81. The summed E-state index contributed by atoms with van der Waals surface area (Å²) in [5.41, 5.74) is 0.492. The lowest BCUT2D eigenvalue weighted by molar-refractivity contribution is -0.139. The van der Waals surface area contributed by atoms with E-state index in [-0.39, 0.29) is 15.5 Å². The first-order valence-electron chi connectivity index (χ1n) is 9.65. The van der Waals surface area contributed by atoms with Gasteiger partial charge in [-0.15, -0.1) is 0 Å². The zero-order valence-corrected chi connectivity index (χ0v) is 21.2. The van der Waals surface area contributed by atoms with Gasteiger partial charge in [-0.05, 0) is 13.3 Å². The Morgan fingerprint density at radius 1 is 0.875 bits per heavy atom. The second-order valence-corrected chi connectivity index (χ2v) is 17.5. The van der Waals surface area contributed by atoms with Gasteiger partial charge in [0, 0.05) is 16.6 Å². The second kappa shape index (κ2) is 18.7. The van der Waals surface area contributed by atoms with Crippen molar-refractivity contribution in [2.75, 3.05) is 6.61 Å². The molecule has 0 atom stereocenters. The fourth-order valence-corrected chi connectivity index (χ4v) is 6.23. The van der Waals surface area contributed by atoms with Gasteiger partial charge in [-0.3, -0.25) is 0 Å². The van der Waals surface area contributed by atoms with Crippen molar-refractivity contribution in [3.8, 4) is 0 Å². The molecule has 5 heteroatoms. The van der Waals surface area contributed by atoms with Crippen LogP contribution >= 0.6 is 45.2 Å². The van der Waals surface area contributed by atoms with E-state index in [1.54, 1.807) is 13.0 Å². The molecule has 0 aliphatic heterocycles. The third-order valence-corrected chi connectivity index (χ3v) is 9.23. The first-order valence-corrected chi connectivity index (χ1v) is 14.0. The van der Waals surface area contributed by atoms with Crippen molar-refractivity contribution in [1.29, 1.82) is 0 Å². The van der Waals surface area contributed by atoms with Crippen molar-refractivity contribution in [3.05, 3.63) is 12.2 Å². The highest BCUT2D eigenvalue weighted by atomic mass is 127. The molecule has 0 saturated carbocycles. The maximum atomic E-state index is 11.2. The molecular formula is C19H36I2O2Si. The third-order valence-electron chi connectivity index (χ3n) is 4.15. The maximum Gasteiger partial charge on any atom is 0.333 e. The van der Waals surface area contributed by atoms with Crippen LogP contribution in [0.4, 0.5) is 0 Å². The van der Waals surface area contributed by atoms with Gasteiger partial charge in [-0.2, -0.15) is 0 Å². The lowest BCUT2D eigenvalue weighted by Crippen LogP contribution is -2.05. The van der Waals surface area contributed by atoms with Gasteiger partial charge < -0.3 is 4.74 Å². The summed E-state index contributed by atoms with van der Waals surface area (Å²) in [4.78, 5) is 11.2. The zero-order chi connectivity index (χ0) is 18.0. The summed E-state index contributed by atoms with van der Waals surface area (Å²) in [6, 6.07) is 1.54. The molecule has 2 nitrogen and oxygen atoms in total. The van der Waals surface area contributed by atoms with E-state index in [1.165, 1.54) is 70.6 Å². The molecular weight excluding hydrogens is 542 g/mol. The average molecular weight is 578 g/mol. The largest absolute Gasteiger partial charge is 0.462 e. The molecule has 0 heterocycles. The Morgan fingerprint density at radius 2 is 1.29 bits per heavy atom. The van der Waals surface area contributed by atoms with Gasteiger partial charge in [0.1, 0.15) is 0 Å². The van der Waals surface area contributed by atoms with Crippen molar-refractivity contribution < 1.29 is 9.53 Å². The summed E-state index contributed by atoms with van der Waals surface area (Å²) in [7, 11) is 0.222. The molecule has 0 radical (unpaired) electrons. The van der Waals surface area contributed by atoms with Gasteiger partial charge in [-0.1, -0.05) is 128 Å². The molecule has 0 rings (SSSR count). The summed E-state index contributed by atoms with van der Waals surface area (Å²) in [5.74, 6) is -0.253. The fraction of sp³-hybridized carbons (Fsp3) is 0.842. The Hall–Kier alpha value is 0.887. The van der Waals surface area contributed by atoms with Gasteiger partial charge in [0.25, 0.3) is 0 Å². The average Bonchev–Trinajstić information content (AvgIpc) is 2.53. The Morgan fingerprint density at radius 3 is 1.71 bits per heavy atom. The minimum Gasteiger partial charge on any atom is -0.462 e. The predicted octanol–water partition coefficient (Wildman–Crippen LogP) is 6.53. The molecule has 0 amide bonds. The summed E-state index contributed by atoms with van der Waals surface area (Å²) < 4.78 is 6.04. The van der Waals surface area contributed by atoms with Crippen LogP contribution in [0.2, 0.25) is 6.04 Å². The number of carbonyl (C=O) groups excluding carboxylic acids is 1. The van der Waals surface area contributed by atoms with E-state index in [1.807, 2.05) is 0 Å². The molecule has 0 N–H and O–H groups in total. The number of alkyl halides is 2. The van der Waals surface area contributed by atoms with E-state index in [9.17, 15) is 4.79 Å². The van der Waals surface area contributed by atoms with Crippen LogP contribution in [-0.4, -0.2) is 23.7 Å². The number of rotatable bonds is 17. The Labute approximate surface area is 179 Å². The highest BCUT2D eigenvalue weighted by Crippen LogP contribution is 2.14. The number of unbranched alkanes of at least 4 members (excludes halogenated alkanes) is 11. The van der Waals surface area contributed by atoms with Gasteiger partial charge in [0.15, 0.2) is 0 Å². The topological polar surface area (TPSA) is 26.3 Å². The standard InChI is InChI=1S/C19H36I2O2Si/c1-17(2)18(22)23-15-13-11-9-7-5-3-4-6-8-10-12-14-16-24-19(20)21/h19H,1,3-16,24H2,2H3. The molecule has 0 aromatic heterocycles. The number of hydrogen-bond acceptors (Lipinski definition) is 2. The van der Waals surface area contributed by atoms with Gasteiger partial charge in [-0.25, -0.2) is 4.79 Å². The normalized spacial score (nSPS) is 11.5. The van der Waals surface area contributed by atoms with Crippen molar-refractivity contribution in [1.82, 2.24) is 0 Å². The van der Waals surface area contributed by atoms with Crippen molar-refractivity contribution in [2.45, 2.75) is 91.6 Å². The van der Waals surface area contributed by atoms with Crippen LogP contribution in [0.1, 0.15) is 84.0 Å². The molecule has 0 unspecified atom stereocenters. The van der Waals surface area contributed by atoms with Gasteiger partial charge in [0.05, 0.1) is 6.61 Å². The van der Waals surface area contributed by atoms with E-state index >= 15 is 0 Å². The minimum absolute atomic E-state index is 0.222. The molecule has 0 aromatic carbocycles. The van der Waals surface area contributed by atoms with E-state index in [0.717, 1.165) is 7.98 Å². The highest BCUT2D eigenvalue weighted by Gasteiger charge is 2.01. The molecule has 0 aromatic rings. The van der Waals surface area contributed by atoms with Crippen LogP contribution in [-0.2, 0) is 9.53 Å². The molecule has 0 fully saturated rings. The summed E-state index contributed by atoms with van der Waals surface area (Å²) >= 11 is 5.14. The van der Waals surface area contributed by atoms with E-state index < -0.39 is 0 Å². The first-order chi connectivity index (χ1) is 11.5. The zero-order valence-electron chi connectivity index (χ0n) is 15.5. The molecule has 0 aliphatic rings. The monoisotopic (exact) mass is 578 g/mol. The van der Waals surface area contributed by atoms with Crippen LogP contribution in [0.15, 0.2) is 12.2 Å².